The normalized spacial score (nSPS) is 19.7. The average Bonchev–Trinajstić information content (AvgIpc) is 2.38. The number of anilines is 1. The Balaban J connectivity index is 2.10. The second-order valence-electron chi connectivity index (χ2n) is 4.78. The first-order valence-electron chi connectivity index (χ1n) is 6.11. The van der Waals surface area contributed by atoms with Gasteiger partial charge in [-0.2, -0.15) is 0 Å². The Morgan fingerprint density at radius 3 is 2.78 bits per heavy atom. The minimum absolute atomic E-state index is 0.122. The van der Waals surface area contributed by atoms with Crippen LogP contribution in [0.15, 0.2) is 12.1 Å². The molecule has 6 nitrogen and oxygen atoms in total. The molecule has 1 fully saturated rings. The van der Waals surface area contributed by atoms with Gasteiger partial charge in [-0.05, 0) is 19.1 Å². The second-order valence-corrected chi connectivity index (χ2v) is 4.78. The van der Waals surface area contributed by atoms with Crippen molar-refractivity contribution in [2.45, 2.75) is 13.0 Å². The van der Waals surface area contributed by atoms with Crippen LogP contribution in [0.25, 0.3) is 0 Å². The van der Waals surface area contributed by atoms with E-state index in [9.17, 15) is 4.79 Å². The summed E-state index contributed by atoms with van der Waals surface area (Å²) in [7, 11) is 3.41. The molecule has 1 saturated heterocycles. The monoisotopic (exact) mass is 249 g/mol. The molecule has 1 atom stereocenters. The molecule has 0 bridgehead atoms. The Bertz CT molecular complexity index is 417. The molecule has 18 heavy (non-hydrogen) atoms. The summed E-state index contributed by atoms with van der Waals surface area (Å²) in [4.78, 5) is 15.4. The summed E-state index contributed by atoms with van der Waals surface area (Å²) < 4.78 is 0. The summed E-state index contributed by atoms with van der Waals surface area (Å²) in [5.41, 5.74) is 0.381. The quantitative estimate of drug-likeness (QED) is 0.798. The summed E-state index contributed by atoms with van der Waals surface area (Å²) in [6, 6.07) is 4.04. The molecule has 0 aromatic carbocycles. The molecule has 0 aliphatic carbocycles. The highest BCUT2D eigenvalue weighted by molar-refractivity contribution is 5.91. The molecule has 2 heterocycles. The van der Waals surface area contributed by atoms with Crippen LogP contribution in [0.1, 0.15) is 17.4 Å². The number of aromatic nitrogens is 2. The van der Waals surface area contributed by atoms with E-state index in [-0.39, 0.29) is 5.91 Å². The molecule has 1 aromatic heterocycles. The highest BCUT2D eigenvalue weighted by Crippen LogP contribution is 2.12. The van der Waals surface area contributed by atoms with E-state index in [2.05, 4.69) is 27.3 Å². The van der Waals surface area contributed by atoms with Gasteiger partial charge in [0.05, 0.1) is 0 Å². The molecule has 0 radical (unpaired) electrons. The fourth-order valence-corrected chi connectivity index (χ4v) is 1.98. The number of amides is 1. The average molecular weight is 249 g/mol. The van der Waals surface area contributed by atoms with Gasteiger partial charge in [0.25, 0.3) is 5.91 Å². The van der Waals surface area contributed by atoms with Crippen molar-refractivity contribution >= 4 is 11.7 Å². The van der Waals surface area contributed by atoms with Crippen molar-refractivity contribution in [2.24, 2.45) is 0 Å². The molecule has 2 rings (SSSR count). The summed E-state index contributed by atoms with van der Waals surface area (Å²) in [5, 5.41) is 11.5. The highest BCUT2D eigenvalue weighted by Gasteiger charge is 2.18. The van der Waals surface area contributed by atoms with Crippen LogP contribution in [-0.2, 0) is 0 Å². The first-order valence-corrected chi connectivity index (χ1v) is 6.11. The van der Waals surface area contributed by atoms with Crippen molar-refractivity contribution in [3.8, 4) is 0 Å². The van der Waals surface area contributed by atoms with Crippen LogP contribution in [0.3, 0.4) is 0 Å². The molecule has 1 unspecified atom stereocenters. The van der Waals surface area contributed by atoms with Crippen LogP contribution in [0, 0.1) is 0 Å². The summed E-state index contributed by atoms with van der Waals surface area (Å²) >= 11 is 0. The summed E-state index contributed by atoms with van der Waals surface area (Å²) in [6.45, 7) is 4.92. The van der Waals surface area contributed by atoms with Crippen LogP contribution < -0.4 is 10.2 Å². The van der Waals surface area contributed by atoms with E-state index in [1.54, 1.807) is 20.2 Å². The lowest BCUT2D eigenvalue weighted by molar-refractivity contribution is 0.0821. The molecule has 1 N–H and O–H groups in total. The molecule has 0 spiro atoms. The van der Waals surface area contributed by atoms with Crippen LogP contribution in [0.5, 0.6) is 0 Å². The first kappa shape index (κ1) is 12.8. The van der Waals surface area contributed by atoms with Crippen molar-refractivity contribution < 1.29 is 4.79 Å². The fraction of sp³-hybridized carbons (Fsp3) is 0.583. The first-order chi connectivity index (χ1) is 8.58. The summed E-state index contributed by atoms with van der Waals surface area (Å²) in [6.07, 6.45) is 0. The predicted octanol–water partition coefficient (Wildman–Crippen LogP) is -0.0235. The second kappa shape index (κ2) is 5.30. The van der Waals surface area contributed by atoms with E-state index < -0.39 is 0 Å². The lowest BCUT2D eigenvalue weighted by atomic mass is 10.2. The van der Waals surface area contributed by atoms with Crippen LogP contribution in [0.2, 0.25) is 0 Å². The van der Waals surface area contributed by atoms with Crippen molar-refractivity contribution in [1.82, 2.24) is 20.4 Å². The lowest BCUT2D eigenvalue weighted by Crippen LogP contribution is -2.49. The standard InChI is InChI=1S/C12H19N5O/c1-9-8-17(7-6-13-9)11-5-4-10(14-15-11)12(18)16(2)3/h4-5,9,13H,6-8H2,1-3H3. The number of carbonyl (C=O) groups excluding carboxylic acids is 1. The Labute approximate surface area is 107 Å². The molecule has 1 aliphatic heterocycles. The number of hydrogen-bond acceptors (Lipinski definition) is 5. The fourth-order valence-electron chi connectivity index (χ4n) is 1.98. The van der Waals surface area contributed by atoms with Crippen molar-refractivity contribution in [3.05, 3.63) is 17.8 Å². The lowest BCUT2D eigenvalue weighted by Gasteiger charge is -2.32. The van der Waals surface area contributed by atoms with Gasteiger partial charge in [0.2, 0.25) is 0 Å². The topological polar surface area (TPSA) is 61.4 Å². The molecule has 6 heteroatoms. The third-order valence-corrected chi connectivity index (χ3v) is 2.97. The minimum Gasteiger partial charge on any atom is -0.352 e. The van der Waals surface area contributed by atoms with Gasteiger partial charge < -0.3 is 15.1 Å². The zero-order valence-corrected chi connectivity index (χ0v) is 11.1. The maximum atomic E-state index is 11.7. The van der Waals surface area contributed by atoms with Gasteiger partial charge in [-0.15, -0.1) is 10.2 Å². The van der Waals surface area contributed by atoms with Crippen molar-refractivity contribution in [2.75, 3.05) is 38.6 Å². The Hall–Kier alpha value is -1.69. The summed E-state index contributed by atoms with van der Waals surface area (Å²) in [5.74, 6) is 0.710. The van der Waals surface area contributed by atoms with Gasteiger partial charge in [0.1, 0.15) is 0 Å². The maximum Gasteiger partial charge on any atom is 0.273 e. The largest absolute Gasteiger partial charge is 0.352 e. The SMILES string of the molecule is CC1CN(c2ccc(C(=O)N(C)C)nn2)CCN1. The minimum atomic E-state index is -0.122. The molecule has 1 amide bonds. The van der Waals surface area contributed by atoms with Gasteiger partial charge in [0, 0.05) is 39.8 Å². The highest BCUT2D eigenvalue weighted by atomic mass is 16.2. The van der Waals surface area contributed by atoms with E-state index >= 15 is 0 Å². The van der Waals surface area contributed by atoms with Gasteiger partial charge in [-0.25, -0.2) is 0 Å². The third-order valence-electron chi connectivity index (χ3n) is 2.97. The van der Waals surface area contributed by atoms with Gasteiger partial charge in [-0.3, -0.25) is 4.79 Å². The van der Waals surface area contributed by atoms with Crippen LogP contribution in [-0.4, -0.2) is 60.8 Å². The van der Waals surface area contributed by atoms with E-state index in [1.165, 1.54) is 4.90 Å². The molecule has 98 valence electrons. The predicted molar refractivity (Wildman–Crippen MR) is 69.7 cm³/mol. The zero-order valence-electron chi connectivity index (χ0n) is 11.1. The van der Waals surface area contributed by atoms with E-state index in [0.29, 0.717) is 11.7 Å². The number of hydrogen-bond donors (Lipinski definition) is 1. The van der Waals surface area contributed by atoms with Gasteiger partial charge in [-0.1, -0.05) is 0 Å². The Morgan fingerprint density at radius 2 is 2.22 bits per heavy atom. The van der Waals surface area contributed by atoms with Crippen molar-refractivity contribution in [1.29, 1.82) is 0 Å². The number of nitrogens with zero attached hydrogens (tertiary/aromatic N) is 4. The number of carbonyl (C=O) groups is 1. The molecular formula is C12H19N5O. The molecular weight excluding hydrogens is 230 g/mol. The Kier molecular flexibility index (Phi) is 3.76. The zero-order chi connectivity index (χ0) is 13.1. The number of rotatable bonds is 2. The van der Waals surface area contributed by atoms with Gasteiger partial charge >= 0.3 is 0 Å². The Morgan fingerprint density at radius 1 is 1.44 bits per heavy atom. The van der Waals surface area contributed by atoms with Crippen LogP contribution >= 0.6 is 0 Å². The number of piperazine rings is 1. The van der Waals surface area contributed by atoms with E-state index in [4.69, 9.17) is 0 Å². The molecule has 1 aromatic rings. The van der Waals surface area contributed by atoms with Crippen molar-refractivity contribution in [3.63, 3.8) is 0 Å². The molecule has 0 saturated carbocycles. The molecule has 1 aliphatic rings. The van der Waals surface area contributed by atoms with E-state index in [0.717, 1.165) is 25.5 Å². The third kappa shape index (κ3) is 2.76. The van der Waals surface area contributed by atoms with Crippen LogP contribution in [0.4, 0.5) is 5.82 Å². The van der Waals surface area contributed by atoms with Gasteiger partial charge in [0.15, 0.2) is 11.5 Å². The maximum absolute atomic E-state index is 11.7. The van der Waals surface area contributed by atoms with E-state index in [1.807, 2.05) is 6.07 Å². The smallest absolute Gasteiger partial charge is 0.273 e. The number of nitrogens with one attached hydrogen (secondary N) is 1.